The van der Waals surface area contributed by atoms with Crippen molar-refractivity contribution in [3.8, 4) is 11.5 Å². The molecular weight excluding hydrogens is 490 g/mol. The molecule has 2 N–H and O–H groups in total. The molecular formula is C32H33N3O4. The van der Waals surface area contributed by atoms with E-state index in [1.165, 1.54) is 0 Å². The Labute approximate surface area is 228 Å². The van der Waals surface area contributed by atoms with E-state index < -0.39 is 5.92 Å². The molecule has 2 atom stereocenters. The number of benzene rings is 2. The number of carbonyl (C=O) groups excluding carboxylic acids is 2. The first-order chi connectivity index (χ1) is 18.9. The van der Waals surface area contributed by atoms with Gasteiger partial charge in [-0.25, -0.2) is 4.98 Å². The molecule has 5 rings (SSSR count). The Hall–Kier alpha value is -4.39. The number of pyridine rings is 1. The number of aryl methyl sites for hydroxylation is 1. The van der Waals surface area contributed by atoms with E-state index in [2.05, 4.69) is 15.6 Å². The van der Waals surface area contributed by atoms with Crippen molar-refractivity contribution in [1.82, 2.24) is 10.3 Å². The van der Waals surface area contributed by atoms with Crippen LogP contribution in [-0.2, 0) is 9.59 Å². The summed E-state index contributed by atoms with van der Waals surface area (Å²) in [5.41, 5.74) is 5.35. The second-order valence-electron chi connectivity index (χ2n) is 9.88. The summed E-state index contributed by atoms with van der Waals surface area (Å²) in [5.74, 6) is 1.08. The molecule has 2 unspecified atom stereocenters. The Morgan fingerprint density at radius 3 is 2.51 bits per heavy atom. The lowest BCUT2D eigenvalue weighted by Crippen LogP contribution is -2.37. The molecule has 0 fully saturated rings. The minimum Gasteiger partial charge on any atom is -0.497 e. The number of nitrogens with one attached hydrogen (secondary N) is 2. The third-order valence-corrected chi connectivity index (χ3v) is 7.32. The molecule has 2 heterocycles. The Kier molecular flexibility index (Phi) is 7.50. The van der Waals surface area contributed by atoms with E-state index in [0.29, 0.717) is 47.9 Å². The van der Waals surface area contributed by atoms with Crippen LogP contribution >= 0.6 is 0 Å². The van der Waals surface area contributed by atoms with Gasteiger partial charge in [0.15, 0.2) is 5.78 Å². The zero-order valence-corrected chi connectivity index (χ0v) is 22.7. The molecule has 7 heteroatoms. The SMILES string of the molecule is CCOc1ccccc1C1C(C(=O)Nc2cccc(C)n2)=C(C)NC2=C1C(=O)CC(c1ccc(OC)cc1)C2. The topological polar surface area (TPSA) is 89.5 Å². The van der Waals surface area contributed by atoms with E-state index in [1.807, 2.05) is 81.4 Å². The number of Topliss-reactive ketones (excluding diaryl/α,β-unsaturated/α-hetero) is 1. The molecule has 7 nitrogen and oxygen atoms in total. The lowest BCUT2D eigenvalue weighted by atomic mass is 9.71. The standard InChI is InChI=1S/C32H33N3O4/c1-5-39-27-11-7-6-10-24(27)30-29(32(37)35-28-12-8-9-19(2)33-28)20(3)34-25-17-22(18-26(36)31(25)30)21-13-15-23(38-4)16-14-21/h6-16,22,30,34H,5,17-18H2,1-4H3,(H,33,35,37). The number of carbonyl (C=O) groups is 2. The summed E-state index contributed by atoms with van der Waals surface area (Å²) in [7, 11) is 1.64. The molecule has 0 saturated carbocycles. The molecule has 0 spiro atoms. The fraction of sp³-hybridized carbons (Fsp3) is 0.281. The number of hydrogen-bond acceptors (Lipinski definition) is 6. The third-order valence-electron chi connectivity index (χ3n) is 7.32. The van der Waals surface area contributed by atoms with Gasteiger partial charge >= 0.3 is 0 Å². The Bertz CT molecular complexity index is 1470. The van der Waals surface area contributed by atoms with Gasteiger partial charge in [0.05, 0.1) is 19.6 Å². The first-order valence-corrected chi connectivity index (χ1v) is 13.2. The predicted molar refractivity (Wildman–Crippen MR) is 151 cm³/mol. The number of hydrogen-bond donors (Lipinski definition) is 2. The first kappa shape index (κ1) is 26.2. The number of allylic oxidation sites excluding steroid dienone is 3. The fourth-order valence-corrected chi connectivity index (χ4v) is 5.57. The number of amides is 1. The predicted octanol–water partition coefficient (Wildman–Crippen LogP) is 5.80. The van der Waals surface area contributed by atoms with Gasteiger partial charge < -0.3 is 20.1 Å². The normalized spacial score (nSPS) is 18.8. The number of ether oxygens (including phenoxy) is 2. The van der Waals surface area contributed by atoms with Crippen molar-refractivity contribution in [1.29, 1.82) is 0 Å². The summed E-state index contributed by atoms with van der Waals surface area (Å²) in [4.78, 5) is 32.2. The number of ketones is 1. The highest BCUT2D eigenvalue weighted by atomic mass is 16.5. The van der Waals surface area contributed by atoms with E-state index in [1.54, 1.807) is 13.2 Å². The Balaban J connectivity index is 1.57. The second-order valence-corrected chi connectivity index (χ2v) is 9.88. The van der Waals surface area contributed by atoms with Crippen molar-refractivity contribution in [2.24, 2.45) is 0 Å². The highest BCUT2D eigenvalue weighted by Crippen LogP contribution is 2.47. The smallest absolute Gasteiger partial charge is 0.255 e. The lowest BCUT2D eigenvalue weighted by Gasteiger charge is -2.37. The average Bonchev–Trinajstić information content (AvgIpc) is 2.92. The first-order valence-electron chi connectivity index (χ1n) is 13.2. The summed E-state index contributed by atoms with van der Waals surface area (Å²) in [6, 6.07) is 21.0. The fourth-order valence-electron chi connectivity index (χ4n) is 5.57. The number of anilines is 1. The van der Waals surface area contributed by atoms with Gasteiger partial charge in [0.2, 0.25) is 0 Å². The van der Waals surface area contributed by atoms with Crippen LogP contribution in [0.4, 0.5) is 5.82 Å². The highest BCUT2D eigenvalue weighted by Gasteiger charge is 2.42. The lowest BCUT2D eigenvalue weighted by molar-refractivity contribution is -0.116. The summed E-state index contributed by atoms with van der Waals surface area (Å²) < 4.78 is 11.3. The molecule has 3 aromatic rings. The van der Waals surface area contributed by atoms with Crippen LogP contribution in [0.25, 0.3) is 0 Å². The van der Waals surface area contributed by atoms with Gasteiger partial charge in [0, 0.05) is 40.2 Å². The molecule has 1 aliphatic heterocycles. The van der Waals surface area contributed by atoms with E-state index in [4.69, 9.17) is 9.47 Å². The zero-order valence-electron chi connectivity index (χ0n) is 22.7. The number of rotatable bonds is 7. The average molecular weight is 524 g/mol. The van der Waals surface area contributed by atoms with Gasteiger partial charge in [-0.3, -0.25) is 9.59 Å². The maximum absolute atomic E-state index is 13.9. The molecule has 2 aliphatic rings. The summed E-state index contributed by atoms with van der Waals surface area (Å²) in [6.45, 7) is 6.16. The number of aromatic nitrogens is 1. The zero-order chi connectivity index (χ0) is 27.5. The van der Waals surface area contributed by atoms with Crippen molar-refractivity contribution in [2.45, 2.75) is 45.4 Å². The third kappa shape index (κ3) is 5.30. The molecule has 1 amide bonds. The van der Waals surface area contributed by atoms with Gasteiger partial charge in [0.1, 0.15) is 17.3 Å². The minimum atomic E-state index is -0.571. The van der Waals surface area contributed by atoms with Gasteiger partial charge in [-0.2, -0.15) is 0 Å². The van der Waals surface area contributed by atoms with Crippen LogP contribution in [0.15, 0.2) is 89.3 Å². The van der Waals surface area contributed by atoms with E-state index in [0.717, 1.165) is 28.3 Å². The highest BCUT2D eigenvalue weighted by molar-refractivity contribution is 6.09. The molecule has 0 saturated heterocycles. The van der Waals surface area contributed by atoms with E-state index in [9.17, 15) is 9.59 Å². The van der Waals surface area contributed by atoms with Gasteiger partial charge in [-0.05, 0) is 69.0 Å². The molecule has 2 aromatic carbocycles. The quantitative estimate of drug-likeness (QED) is 0.407. The van der Waals surface area contributed by atoms with Crippen LogP contribution in [0, 0.1) is 6.92 Å². The van der Waals surface area contributed by atoms with Crippen molar-refractivity contribution in [3.05, 3.63) is 106 Å². The molecule has 200 valence electrons. The Morgan fingerprint density at radius 1 is 1.03 bits per heavy atom. The maximum Gasteiger partial charge on any atom is 0.255 e. The van der Waals surface area contributed by atoms with Crippen LogP contribution in [-0.4, -0.2) is 30.4 Å². The molecule has 1 aromatic heterocycles. The van der Waals surface area contributed by atoms with Crippen LogP contribution in [0.1, 0.15) is 55.3 Å². The van der Waals surface area contributed by atoms with Gasteiger partial charge in [0.25, 0.3) is 5.91 Å². The second kappa shape index (κ2) is 11.2. The van der Waals surface area contributed by atoms with E-state index >= 15 is 0 Å². The van der Waals surface area contributed by atoms with Crippen molar-refractivity contribution < 1.29 is 19.1 Å². The summed E-state index contributed by atoms with van der Waals surface area (Å²) in [6.07, 6.45) is 1.01. The maximum atomic E-state index is 13.9. The van der Waals surface area contributed by atoms with Crippen LogP contribution < -0.4 is 20.1 Å². The number of dihydropyridines is 1. The van der Waals surface area contributed by atoms with E-state index in [-0.39, 0.29) is 17.6 Å². The Morgan fingerprint density at radius 2 is 1.79 bits per heavy atom. The largest absolute Gasteiger partial charge is 0.497 e. The summed E-state index contributed by atoms with van der Waals surface area (Å²) in [5, 5.41) is 6.40. The minimum absolute atomic E-state index is 0.0207. The van der Waals surface area contributed by atoms with Crippen LogP contribution in [0.5, 0.6) is 11.5 Å². The molecule has 1 aliphatic carbocycles. The molecule has 0 radical (unpaired) electrons. The molecule has 39 heavy (non-hydrogen) atoms. The van der Waals surface area contributed by atoms with Crippen molar-refractivity contribution >= 4 is 17.5 Å². The van der Waals surface area contributed by atoms with Gasteiger partial charge in [-0.1, -0.05) is 36.4 Å². The van der Waals surface area contributed by atoms with Crippen LogP contribution in [0.3, 0.4) is 0 Å². The van der Waals surface area contributed by atoms with Crippen molar-refractivity contribution in [3.63, 3.8) is 0 Å². The van der Waals surface area contributed by atoms with Crippen molar-refractivity contribution in [2.75, 3.05) is 19.0 Å². The number of methoxy groups -OCH3 is 1. The van der Waals surface area contributed by atoms with Crippen LogP contribution in [0.2, 0.25) is 0 Å². The van der Waals surface area contributed by atoms with Gasteiger partial charge in [-0.15, -0.1) is 0 Å². The summed E-state index contributed by atoms with van der Waals surface area (Å²) >= 11 is 0. The monoisotopic (exact) mass is 523 g/mol. The number of para-hydroxylation sites is 1. The number of nitrogens with zero attached hydrogens (tertiary/aromatic N) is 1. The molecule has 0 bridgehead atoms.